The summed E-state index contributed by atoms with van der Waals surface area (Å²) in [6.45, 7) is 3.83. The maximum absolute atomic E-state index is 12.4. The average molecular weight is 374 g/mol. The lowest BCUT2D eigenvalue weighted by molar-refractivity contribution is -0.140. The summed E-state index contributed by atoms with van der Waals surface area (Å²) in [4.78, 5) is 43.2. The first-order chi connectivity index (χ1) is 12.8. The fraction of sp³-hybridized carbons (Fsp3) is 0.389. The molecular formula is C18H22N4O5. The van der Waals surface area contributed by atoms with E-state index in [9.17, 15) is 14.4 Å². The Labute approximate surface area is 156 Å². The van der Waals surface area contributed by atoms with E-state index in [0.717, 1.165) is 11.4 Å². The smallest absolute Gasteiger partial charge is 0.361 e. The monoisotopic (exact) mass is 374 g/mol. The number of carbonyl (C=O) groups is 3. The molecule has 0 saturated carbocycles. The normalized spacial score (nSPS) is 10.5. The van der Waals surface area contributed by atoms with Gasteiger partial charge in [-0.2, -0.15) is 0 Å². The van der Waals surface area contributed by atoms with Gasteiger partial charge in [0.15, 0.2) is 18.1 Å². The summed E-state index contributed by atoms with van der Waals surface area (Å²) in [6, 6.07) is 1.74. The second-order valence-corrected chi connectivity index (χ2v) is 5.91. The standard InChI is InChI=1S/C18H22N4O5/c1-11-9-13(12(2)22(11)8-4-5-15(24)26-3)14(23)10-27-18(25)16-17(19)21-7-6-20-16/h6-7,9H,4-5,8,10H2,1-3H3,(H2,19,21). The number of carbonyl (C=O) groups excluding carboxylic acids is 3. The third-order valence-corrected chi connectivity index (χ3v) is 4.12. The number of Topliss-reactive ketones (excluding diaryl/α,β-unsaturated/α-hetero) is 1. The molecule has 0 amide bonds. The van der Waals surface area contributed by atoms with Gasteiger partial charge in [0.05, 0.1) is 7.11 Å². The van der Waals surface area contributed by atoms with Gasteiger partial charge < -0.3 is 19.8 Å². The molecule has 0 unspecified atom stereocenters. The Bertz CT molecular complexity index is 859. The van der Waals surface area contributed by atoms with Crippen LogP contribution in [0.4, 0.5) is 5.82 Å². The summed E-state index contributed by atoms with van der Waals surface area (Å²) in [7, 11) is 1.35. The molecule has 0 fully saturated rings. The number of ketones is 1. The SMILES string of the molecule is COC(=O)CCCn1c(C)cc(C(=O)COC(=O)c2nccnc2N)c1C. The molecule has 0 aliphatic carbocycles. The third-order valence-electron chi connectivity index (χ3n) is 4.12. The summed E-state index contributed by atoms with van der Waals surface area (Å²) < 4.78 is 11.6. The molecule has 0 aromatic carbocycles. The van der Waals surface area contributed by atoms with Gasteiger partial charge in [0.25, 0.3) is 0 Å². The van der Waals surface area contributed by atoms with E-state index < -0.39 is 12.6 Å². The van der Waals surface area contributed by atoms with E-state index in [-0.39, 0.29) is 23.3 Å². The number of nitrogens with zero attached hydrogens (tertiary/aromatic N) is 3. The number of esters is 2. The van der Waals surface area contributed by atoms with Crippen LogP contribution in [-0.2, 0) is 20.8 Å². The second kappa shape index (κ2) is 8.93. The van der Waals surface area contributed by atoms with Crippen molar-refractivity contribution in [2.75, 3.05) is 19.5 Å². The van der Waals surface area contributed by atoms with Crippen LogP contribution in [0.15, 0.2) is 18.5 Å². The van der Waals surface area contributed by atoms with Gasteiger partial charge in [-0.1, -0.05) is 0 Å². The number of hydrogen-bond donors (Lipinski definition) is 1. The predicted octanol–water partition coefficient (Wildman–Crippen LogP) is 1.47. The molecular weight excluding hydrogens is 352 g/mol. The Balaban J connectivity index is 2.00. The van der Waals surface area contributed by atoms with Crippen molar-refractivity contribution in [1.29, 1.82) is 0 Å². The first-order valence-electron chi connectivity index (χ1n) is 8.35. The van der Waals surface area contributed by atoms with Crippen LogP contribution in [0, 0.1) is 13.8 Å². The molecule has 144 valence electrons. The van der Waals surface area contributed by atoms with Crippen LogP contribution in [0.3, 0.4) is 0 Å². The van der Waals surface area contributed by atoms with Crippen molar-refractivity contribution in [1.82, 2.24) is 14.5 Å². The molecule has 2 N–H and O–H groups in total. The molecule has 0 aliphatic rings. The maximum atomic E-state index is 12.4. The van der Waals surface area contributed by atoms with Crippen molar-refractivity contribution in [2.24, 2.45) is 0 Å². The highest BCUT2D eigenvalue weighted by Crippen LogP contribution is 2.17. The molecule has 0 aliphatic heterocycles. The zero-order valence-corrected chi connectivity index (χ0v) is 15.5. The molecule has 2 aromatic heterocycles. The van der Waals surface area contributed by atoms with Crippen LogP contribution in [0.2, 0.25) is 0 Å². The molecule has 0 bridgehead atoms. The Kier molecular flexibility index (Phi) is 6.64. The summed E-state index contributed by atoms with van der Waals surface area (Å²) in [5, 5.41) is 0. The first-order valence-corrected chi connectivity index (χ1v) is 8.35. The van der Waals surface area contributed by atoms with Crippen LogP contribution in [-0.4, -0.2) is 46.0 Å². The number of hydrogen-bond acceptors (Lipinski definition) is 8. The number of nitrogens with two attached hydrogens (primary N) is 1. The Hall–Kier alpha value is -3.23. The highest BCUT2D eigenvalue weighted by molar-refractivity contribution is 6.00. The largest absolute Gasteiger partial charge is 0.469 e. The molecule has 0 spiro atoms. The van der Waals surface area contributed by atoms with E-state index in [0.29, 0.717) is 24.9 Å². The number of aromatic nitrogens is 3. The van der Waals surface area contributed by atoms with Gasteiger partial charge in [-0.3, -0.25) is 9.59 Å². The minimum atomic E-state index is -0.805. The van der Waals surface area contributed by atoms with Gasteiger partial charge in [-0.25, -0.2) is 14.8 Å². The lowest BCUT2D eigenvalue weighted by atomic mass is 10.1. The number of nitrogen functional groups attached to an aromatic ring is 1. The molecule has 0 atom stereocenters. The van der Waals surface area contributed by atoms with E-state index in [2.05, 4.69) is 14.7 Å². The summed E-state index contributed by atoms with van der Waals surface area (Å²) in [6.07, 6.45) is 3.56. The third kappa shape index (κ3) is 4.90. The zero-order valence-electron chi connectivity index (χ0n) is 15.5. The van der Waals surface area contributed by atoms with Gasteiger partial charge in [-0.05, 0) is 26.3 Å². The minimum absolute atomic E-state index is 0.0567. The van der Waals surface area contributed by atoms with Crippen molar-refractivity contribution in [2.45, 2.75) is 33.2 Å². The second-order valence-electron chi connectivity index (χ2n) is 5.91. The number of methoxy groups -OCH3 is 1. The fourth-order valence-corrected chi connectivity index (χ4v) is 2.69. The Morgan fingerprint density at radius 3 is 2.56 bits per heavy atom. The number of ether oxygens (including phenoxy) is 2. The van der Waals surface area contributed by atoms with E-state index in [4.69, 9.17) is 10.5 Å². The highest BCUT2D eigenvalue weighted by Gasteiger charge is 2.19. The average Bonchev–Trinajstić information content (AvgIpc) is 2.94. The number of aryl methyl sites for hydroxylation is 1. The van der Waals surface area contributed by atoms with E-state index in [1.165, 1.54) is 19.5 Å². The number of rotatable bonds is 8. The maximum Gasteiger partial charge on any atom is 0.361 e. The highest BCUT2D eigenvalue weighted by atomic mass is 16.5. The van der Waals surface area contributed by atoms with Crippen LogP contribution in [0.25, 0.3) is 0 Å². The summed E-state index contributed by atoms with van der Waals surface area (Å²) >= 11 is 0. The van der Waals surface area contributed by atoms with Gasteiger partial charge in [-0.15, -0.1) is 0 Å². The number of anilines is 1. The van der Waals surface area contributed by atoms with E-state index in [1.807, 2.05) is 11.5 Å². The van der Waals surface area contributed by atoms with Crippen molar-refractivity contribution in [3.05, 3.63) is 41.1 Å². The van der Waals surface area contributed by atoms with Crippen LogP contribution in [0.5, 0.6) is 0 Å². The Morgan fingerprint density at radius 2 is 1.89 bits per heavy atom. The van der Waals surface area contributed by atoms with Crippen LogP contribution < -0.4 is 5.73 Å². The quantitative estimate of drug-likeness (QED) is 0.544. The van der Waals surface area contributed by atoms with Crippen molar-refractivity contribution < 1.29 is 23.9 Å². The van der Waals surface area contributed by atoms with E-state index in [1.54, 1.807) is 13.0 Å². The lowest BCUT2D eigenvalue weighted by Gasteiger charge is -2.09. The molecule has 2 aromatic rings. The molecule has 0 radical (unpaired) electrons. The first kappa shape index (κ1) is 20.1. The molecule has 27 heavy (non-hydrogen) atoms. The Morgan fingerprint density at radius 1 is 1.19 bits per heavy atom. The molecule has 2 heterocycles. The van der Waals surface area contributed by atoms with Crippen LogP contribution in [0.1, 0.15) is 45.1 Å². The molecule has 9 heteroatoms. The molecule has 9 nitrogen and oxygen atoms in total. The van der Waals surface area contributed by atoms with Gasteiger partial charge in [0, 0.05) is 42.3 Å². The van der Waals surface area contributed by atoms with E-state index >= 15 is 0 Å². The summed E-state index contributed by atoms with van der Waals surface area (Å²) in [5.74, 6) is -1.47. The predicted molar refractivity (Wildman–Crippen MR) is 96.2 cm³/mol. The molecule has 2 rings (SSSR count). The molecule has 0 saturated heterocycles. The van der Waals surface area contributed by atoms with Gasteiger partial charge >= 0.3 is 11.9 Å². The topological polar surface area (TPSA) is 126 Å². The van der Waals surface area contributed by atoms with Crippen molar-refractivity contribution in [3.63, 3.8) is 0 Å². The summed E-state index contributed by atoms with van der Waals surface area (Å²) in [5.41, 5.74) is 7.53. The van der Waals surface area contributed by atoms with Crippen molar-refractivity contribution in [3.8, 4) is 0 Å². The zero-order chi connectivity index (χ0) is 20.0. The fourth-order valence-electron chi connectivity index (χ4n) is 2.69. The minimum Gasteiger partial charge on any atom is -0.469 e. The van der Waals surface area contributed by atoms with Crippen LogP contribution >= 0.6 is 0 Å². The lowest BCUT2D eigenvalue weighted by Crippen LogP contribution is -2.17. The van der Waals surface area contributed by atoms with Gasteiger partial charge in [0.1, 0.15) is 0 Å². The van der Waals surface area contributed by atoms with Gasteiger partial charge in [0.2, 0.25) is 5.78 Å². The van der Waals surface area contributed by atoms with Crippen molar-refractivity contribution >= 4 is 23.5 Å².